The number of fused-ring (bicyclic) bond motifs is 1. The average molecular weight is 373 g/mol. The molecule has 6 nitrogen and oxygen atoms in total. The fraction of sp³-hybridized carbons (Fsp3) is 0. The largest absolute Gasteiger partial charge is 0.384 e. The summed E-state index contributed by atoms with van der Waals surface area (Å²) < 4.78 is 14.9. The predicted octanol–water partition coefficient (Wildman–Crippen LogP) is 4.27. The van der Waals surface area contributed by atoms with Crippen LogP contribution in [0.4, 0.5) is 21.8 Å². The number of nitrogens with zero attached hydrogens (tertiary/aromatic N) is 4. The first-order valence-corrected chi connectivity index (χ1v) is 8.36. The molecule has 0 fully saturated rings. The van der Waals surface area contributed by atoms with Gasteiger partial charge in [-0.1, -0.05) is 17.7 Å². The minimum atomic E-state index is -0.419. The number of hydrogen-bond acceptors (Lipinski definition) is 7. The lowest BCUT2D eigenvalue weighted by Crippen LogP contribution is -1.98. The molecule has 1 aromatic carbocycles. The lowest BCUT2D eigenvalue weighted by molar-refractivity contribution is 0.631. The van der Waals surface area contributed by atoms with Crippen molar-refractivity contribution in [3.8, 4) is 10.6 Å². The average Bonchev–Trinajstić information content (AvgIpc) is 2.99. The fourth-order valence-corrected chi connectivity index (χ4v) is 3.69. The molecule has 9 heteroatoms. The summed E-state index contributed by atoms with van der Waals surface area (Å²) in [4.78, 5) is 16.7. The first-order chi connectivity index (χ1) is 12.1. The highest BCUT2D eigenvalue weighted by Gasteiger charge is 2.16. The van der Waals surface area contributed by atoms with Gasteiger partial charge in [-0.05, 0) is 18.2 Å². The standard InChI is InChI=1S/C16H10ClFN6S/c17-8-2-1-3-9(18)13(8)16-23-10-4-5-20-15(14(10)25-16)24-12-6-11(19)21-7-22-12/h1-7H,(H3,19,20,21,22,24). The first kappa shape index (κ1) is 15.7. The molecule has 3 N–H and O–H groups in total. The summed E-state index contributed by atoms with van der Waals surface area (Å²) in [6, 6.07) is 7.89. The minimum Gasteiger partial charge on any atom is -0.384 e. The maximum absolute atomic E-state index is 14.2. The third kappa shape index (κ3) is 2.97. The lowest BCUT2D eigenvalue weighted by atomic mass is 10.2. The summed E-state index contributed by atoms with van der Waals surface area (Å²) in [5.74, 6) is 0.976. The molecule has 0 unspecified atom stereocenters. The molecular weight excluding hydrogens is 363 g/mol. The number of rotatable bonds is 3. The maximum atomic E-state index is 14.2. The SMILES string of the molecule is Nc1cc(Nc2nccc3nc(-c4c(F)cccc4Cl)sc23)ncn1. The Morgan fingerprint density at radius 1 is 1.16 bits per heavy atom. The second kappa shape index (κ2) is 6.23. The van der Waals surface area contributed by atoms with Gasteiger partial charge < -0.3 is 11.1 Å². The molecule has 0 aliphatic rings. The molecule has 124 valence electrons. The zero-order chi connectivity index (χ0) is 17.4. The van der Waals surface area contributed by atoms with Gasteiger partial charge in [-0.3, -0.25) is 0 Å². The van der Waals surface area contributed by atoms with Crippen LogP contribution in [0.2, 0.25) is 5.02 Å². The van der Waals surface area contributed by atoms with Gasteiger partial charge in [0.2, 0.25) is 0 Å². The number of aromatic nitrogens is 4. The molecule has 0 saturated carbocycles. The molecule has 0 radical (unpaired) electrons. The van der Waals surface area contributed by atoms with E-state index >= 15 is 0 Å². The van der Waals surface area contributed by atoms with Gasteiger partial charge in [0, 0.05) is 12.3 Å². The number of nitrogens with one attached hydrogen (secondary N) is 1. The van der Waals surface area contributed by atoms with Gasteiger partial charge in [0.15, 0.2) is 5.82 Å². The quantitative estimate of drug-likeness (QED) is 0.558. The van der Waals surface area contributed by atoms with Gasteiger partial charge in [-0.25, -0.2) is 24.3 Å². The van der Waals surface area contributed by atoms with Crippen LogP contribution in [0.15, 0.2) is 42.9 Å². The summed E-state index contributed by atoms with van der Waals surface area (Å²) in [7, 11) is 0. The van der Waals surface area contributed by atoms with E-state index in [1.165, 1.54) is 23.7 Å². The minimum absolute atomic E-state index is 0.280. The van der Waals surface area contributed by atoms with Crippen LogP contribution in [0.1, 0.15) is 0 Å². The van der Waals surface area contributed by atoms with Crippen molar-refractivity contribution >= 4 is 50.6 Å². The molecule has 0 bridgehead atoms. The second-order valence-electron chi connectivity index (χ2n) is 5.08. The molecule has 0 saturated heterocycles. The molecule has 4 aromatic rings. The Kier molecular flexibility index (Phi) is 3.90. The number of anilines is 3. The third-order valence-corrected chi connectivity index (χ3v) is 4.83. The van der Waals surface area contributed by atoms with Gasteiger partial charge in [-0.15, -0.1) is 11.3 Å². The van der Waals surface area contributed by atoms with E-state index in [9.17, 15) is 4.39 Å². The van der Waals surface area contributed by atoms with Crippen molar-refractivity contribution in [1.82, 2.24) is 19.9 Å². The van der Waals surface area contributed by atoms with E-state index in [4.69, 9.17) is 17.3 Å². The van der Waals surface area contributed by atoms with E-state index in [-0.39, 0.29) is 5.56 Å². The van der Waals surface area contributed by atoms with Crippen LogP contribution < -0.4 is 11.1 Å². The molecule has 0 aliphatic carbocycles. The summed E-state index contributed by atoms with van der Waals surface area (Å²) >= 11 is 7.44. The Hall–Kier alpha value is -2.84. The Balaban J connectivity index is 1.82. The zero-order valence-corrected chi connectivity index (χ0v) is 14.1. The smallest absolute Gasteiger partial charge is 0.151 e. The number of hydrogen-bond donors (Lipinski definition) is 2. The topological polar surface area (TPSA) is 89.6 Å². The summed E-state index contributed by atoms with van der Waals surface area (Å²) in [5, 5.41) is 3.88. The van der Waals surface area contributed by atoms with Crippen LogP contribution in [-0.2, 0) is 0 Å². The van der Waals surface area contributed by atoms with Gasteiger partial charge >= 0.3 is 0 Å². The summed E-state index contributed by atoms with van der Waals surface area (Å²) in [6.07, 6.45) is 2.97. The van der Waals surface area contributed by atoms with Gasteiger partial charge in [0.25, 0.3) is 0 Å². The zero-order valence-electron chi connectivity index (χ0n) is 12.6. The van der Waals surface area contributed by atoms with Crippen LogP contribution in [0.25, 0.3) is 20.8 Å². The first-order valence-electron chi connectivity index (χ1n) is 7.16. The molecule has 0 amide bonds. The highest BCUT2D eigenvalue weighted by atomic mass is 35.5. The van der Waals surface area contributed by atoms with Crippen molar-refractivity contribution in [3.63, 3.8) is 0 Å². The lowest BCUT2D eigenvalue weighted by Gasteiger charge is -2.05. The molecule has 4 rings (SSSR count). The molecular formula is C16H10ClFN6S. The Labute approximate surface area is 150 Å². The van der Waals surface area contributed by atoms with Crippen molar-refractivity contribution in [2.45, 2.75) is 0 Å². The van der Waals surface area contributed by atoms with Crippen molar-refractivity contribution in [2.24, 2.45) is 0 Å². The van der Waals surface area contributed by atoms with Crippen molar-refractivity contribution in [3.05, 3.63) is 53.7 Å². The van der Waals surface area contributed by atoms with E-state index in [1.54, 1.807) is 30.5 Å². The monoisotopic (exact) mass is 372 g/mol. The number of halogens is 2. The third-order valence-electron chi connectivity index (χ3n) is 3.42. The molecule has 25 heavy (non-hydrogen) atoms. The van der Waals surface area contributed by atoms with Crippen LogP contribution in [0.5, 0.6) is 0 Å². The molecule has 0 spiro atoms. The summed E-state index contributed by atoms with van der Waals surface area (Å²) in [5.41, 5.74) is 6.62. The van der Waals surface area contributed by atoms with E-state index in [2.05, 4.69) is 25.3 Å². The van der Waals surface area contributed by atoms with E-state index in [1.807, 2.05) is 0 Å². The van der Waals surface area contributed by atoms with Crippen molar-refractivity contribution < 1.29 is 4.39 Å². The van der Waals surface area contributed by atoms with Crippen LogP contribution in [-0.4, -0.2) is 19.9 Å². The highest BCUT2D eigenvalue weighted by molar-refractivity contribution is 7.22. The fourth-order valence-electron chi connectivity index (χ4n) is 2.32. The predicted molar refractivity (Wildman–Crippen MR) is 97.5 cm³/mol. The van der Waals surface area contributed by atoms with Crippen LogP contribution in [0.3, 0.4) is 0 Å². The Bertz CT molecular complexity index is 1060. The van der Waals surface area contributed by atoms with E-state index in [0.29, 0.717) is 33.0 Å². The Morgan fingerprint density at radius 3 is 2.84 bits per heavy atom. The normalized spacial score (nSPS) is 11.0. The summed E-state index contributed by atoms with van der Waals surface area (Å²) in [6.45, 7) is 0. The second-order valence-corrected chi connectivity index (χ2v) is 6.48. The van der Waals surface area contributed by atoms with E-state index < -0.39 is 5.82 Å². The van der Waals surface area contributed by atoms with Crippen LogP contribution >= 0.6 is 22.9 Å². The molecule has 3 heterocycles. The van der Waals surface area contributed by atoms with E-state index in [0.717, 1.165) is 4.70 Å². The van der Waals surface area contributed by atoms with Gasteiger partial charge in [0.05, 0.1) is 20.8 Å². The van der Waals surface area contributed by atoms with Crippen molar-refractivity contribution in [1.29, 1.82) is 0 Å². The Morgan fingerprint density at radius 2 is 2.04 bits per heavy atom. The molecule has 0 aliphatic heterocycles. The maximum Gasteiger partial charge on any atom is 0.151 e. The number of nitrogens with two attached hydrogens (primary N) is 1. The molecule has 3 aromatic heterocycles. The number of pyridine rings is 1. The highest BCUT2D eigenvalue weighted by Crippen LogP contribution is 2.38. The molecule has 0 atom stereocenters. The van der Waals surface area contributed by atoms with Crippen molar-refractivity contribution in [2.75, 3.05) is 11.1 Å². The van der Waals surface area contributed by atoms with Gasteiger partial charge in [0.1, 0.15) is 28.8 Å². The number of nitrogen functional groups attached to an aromatic ring is 1. The number of benzene rings is 1. The van der Waals surface area contributed by atoms with Crippen LogP contribution in [0, 0.1) is 5.82 Å². The van der Waals surface area contributed by atoms with Gasteiger partial charge in [-0.2, -0.15) is 0 Å². The number of thiazole rings is 1.